The largest absolute Gasteiger partial charge is 0.463 e. The summed E-state index contributed by atoms with van der Waals surface area (Å²) in [7, 11) is 0. The Balaban J connectivity index is 3.09. The first-order valence-electron chi connectivity index (χ1n) is 3.78. The molecule has 4 heteroatoms. The molecule has 2 N–H and O–H groups in total. The highest BCUT2D eigenvalue weighted by atomic mass is 16.6. The van der Waals surface area contributed by atoms with E-state index < -0.39 is 0 Å². The molecular formula is C7H15NO3. The molecule has 0 fully saturated rings. The van der Waals surface area contributed by atoms with Gasteiger partial charge < -0.3 is 9.57 Å². The maximum absolute atomic E-state index is 10.8. The van der Waals surface area contributed by atoms with Crippen molar-refractivity contribution in [2.24, 2.45) is 5.90 Å². The number of rotatable bonds is 6. The van der Waals surface area contributed by atoms with Gasteiger partial charge in [0.25, 0.3) is 0 Å². The Morgan fingerprint density at radius 1 is 1.45 bits per heavy atom. The van der Waals surface area contributed by atoms with E-state index in [4.69, 9.17) is 10.6 Å². The SMILES string of the molecule is CCCCC(=O)OCCON. The van der Waals surface area contributed by atoms with Gasteiger partial charge in [0.05, 0.1) is 0 Å². The first kappa shape index (κ1) is 10.4. The quantitative estimate of drug-likeness (QED) is 0.352. The fraction of sp³-hybridized carbons (Fsp3) is 0.857. The normalized spacial score (nSPS) is 9.64. The highest BCUT2D eigenvalue weighted by Crippen LogP contribution is 1.95. The molecule has 0 atom stereocenters. The molecule has 4 nitrogen and oxygen atoms in total. The van der Waals surface area contributed by atoms with Crippen molar-refractivity contribution >= 4 is 5.97 Å². The minimum Gasteiger partial charge on any atom is -0.463 e. The monoisotopic (exact) mass is 161 g/mol. The van der Waals surface area contributed by atoms with Crippen LogP contribution in [0.2, 0.25) is 0 Å². The molecular weight excluding hydrogens is 146 g/mol. The molecule has 0 aromatic heterocycles. The van der Waals surface area contributed by atoms with Crippen LogP contribution < -0.4 is 5.90 Å². The first-order chi connectivity index (χ1) is 5.31. The molecule has 0 bridgehead atoms. The number of nitrogens with two attached hydrogens (primary N) is 1. The lowest BCUT2D eigenvalue weighted by Crippen LogP contribution is -2.12. The van der Waals surface area contributed by atoms with Crippen LogP contribution in [0.25, 0.3) is 0 Å². The van der Waals surface area contributed by atoms with Crippen molar-refractivity contribution in [3.63, 3.8) is 0 Å². The minimum absolute atomic E-state index is 0.177. The predicted molar refractivity (Wildman–Crippen MR) is 40.6 cm³/mol. The molecule has 0 unspecified atom stereocenters. The lowest BCUT2D eigenvalue weighted by atomic mass is 10.2. The Morgan fingerprint density at radius 3 is 2.73 bits per heavy atom. The van der Waals surface area contributed by atoms with Crippen molar-refractivity contribution in [2.75, 3.05) is 13.2 Å². The van der Waals surface area contributed by atoms with E-state index in [0.29, 0.717) is 6.42 Å². The molecule has 0 rings (SSSR count). The van der Waals surface area contributed by atoms with Gasteiger partial charge in [0.2, 0.25) is 0 Å². The summed E-state index contributed by atoms with van der Waals surface area (Å²) in [5.74, 6) is 4.55. The molecule has 0 amide bonds. The van der Waals surface area contributed by atoms with Gasteiger partial charge in [-0.2, -0.15) is 0 Å². The van der Waals surface area contributed by atoms with E-state index in [1.54, 1.807) is 0 Å². The third kappa shape index (κ3) is 7.29. The molecule has 0 saturated carbocycles. The van der Waals surface area contributed by atoms with Gasteiger partial charge >= 0.3 is 5.97 Å². The van der Waals surface area contributed by atoms with Gasteiger partial charge in [0, 0.05) is 6.42 Å². The zero-order valence-electron chi connectivity index (χ0n) is 6.84. The molecule has 0 radical (unpaired) electrons. The van der Waals surface area contributed by atoms with Crippen LogP contribution in [0.1, 0.15) is 26.2 Å². The third-order valence-electron chi connectivity index (χ3n) is 1.20. The van der Waals surface area contributed by atoms with E-state index in [1.165, 1.54) is 0 Å². The van der Waals surface area contributed by atoms with Gasteiger partial charge in [-0.15, -0.1) is 0 Å². The van der Waals surface area contributed by atoms with Crippen LogP contribution in [0.3, 0.4) is 0 Å². The van der Waals surface area contributed by atoms with Crippen LogP contribution in [-0.4, -0.2) is 19.2 Å². The Bertz CT molecular complexity index is 106. The number of unbranched alkanes of at least 4 members (excludes halogenated alkanes) is 1. The van der Waals surface area contributed by atoms with Gasteiger partial charge in [-0.3, -0.25) is 4.79 Å². The Kier molecular flexibility index (Phi) is 7.08. The molecule has 11 heavy (non-hydrogen) atoms. The van der Waals surface area contributed by atoms with Crippen LogP contribution in [0, 0.1) is 0 Å². The van der Waals surface area contributed by atoms with Crippen LogP contribution in [0.5, 0.6) is 0 Å². The summed E-state index contributed by atoms with van der Waals surface area (Å²) >= 11 is 0. The zero-order chi connectivity index (χ0) is 8.53. The molecule has 0 heterocycles. The zero-order valence-corrected chi connectivity index (χ0v) is 6.84. The molecule has 0 aliphatic rings. The second kappa shape index (κ2) is 7.50. The van der Waals surface area contributed by atoms with Crippen molar-refractivity contribution in [1.82, 2.24) is 0 Å². The molecule has 0 aliphatic carbocycles. The maximum Gasteiger partial charge on any atom is 0.305 e. The summed E-state index contributed by atoms with van der Waals surface area (Å²) in [5.41, 5.74) is 0. The van der Waals surface area contributed by atoms with Crippen LogP contribution in [0.4, 0.5) is 0 Å². The van der Waals surface area contributed by atoms with Gasteiger partial charge in [0.1, 0.15) is 13.2 Å². The average Bonchev–Trinajstić information content (AvgIpc) is 2.01. The fourth-order valence-corrected chi connectivity index (χ4v) is 0.597. The van der Waals surface area contributed by atoms with Crippen LogP contribution in [0.15, 0.2) is 0 Å². The summed E-state index contributed by atoms with van der Waals surface area (Å²) < 4.78 is 4.74. The summed E-state index contributed by atoms with van der Waals surface area (Å²) in [6.45, 7) is 2.53. The van der Waals surface area contributed by atoms with Crippen molar-refractivity contribution < 1.29 is 14.4 Å². The van der Waals surface area contributed by atoms with Gasteiger partial charge in [-0.1, -0.05) is 13.3 Å². The summed E-state index contributed by atoms with van der Waals surface area (Å²) in [6.07, 6.45) is 2.37. The predicted octanol–water partition coefficient (Wildman–Crippen LogP) is 0.610. The number of esters is 1. The highest BCUT2D eigenvalue weighted by Gasteiger charge is 1.99. The highest BCUT2D eigenvalue weighted by molar-refractivity contribution is 5.69. The van der Waals surface area contributed by atoms with E-state index in [1.807, 2.05) is 6.92 Å². The Morgan fingerprint density at radius 2 is 2.18 bits per heavy atom. The van der Waals surface area contributed by atoms with E-state index in [0.717, 1.165) is 12.8 Å². The number of hydrogen-bond donors (Lipinski definition) is 1. The van der Waals surface area contributed by atoms with Gasteiger partial charge in [-0.25, -0.2) is 5.90 Å². The summed E-state index contributed by atoms with van der Waals surface area (Å²) in [6, 6.07) is 0. The maximum atomic E-state index is 10.8. The number of ether oxygens (including phenoxy) is 1. The number of carbonyl (C=O) groups is 1. The fourth-order valence-electron chi connectivity index (χ4n) is 0.597. The lowest BCUT2D eigenvalue weighted by molar-refractivity contribution is -0.145. The third-order valence-corrected chi connectivity index (χ3v) is 1.20. The topological polar surface area (TPSA) is 61.5 Å². The van der Waals surface area contributed by atoms with Crippen molar-refractivity contribution in [3.8, 4) is 0 Å². The van der Waals surface area contributed by atoms with Crippen molar-refractivity contribution in [1.29, 1.82) is 0 Å². The molecule has 0 aliphatic heterocycles. The van der Waals surface area contributed by atoms with E-state index in [-0.39, 0.29) is 19.2 Å². The molecule has 0 saturated heterocycles. The lowest BCUT2D eigenvalue weighted by Gasteiger charge is -2.01. The average molecular weight is 161 g/mol. The molecule has 0 aromatic rings. The minimum atomic E-state index is -0.177. The number of hydrogen-bond acceptors (Lipinski definition) is 4. The van der Waals surface area contributed by atoms with Gasteiger partial charge in [-0.05, 0) is 6.42 Å². The van der Waals surface area contributed by atoms with E-state index in [2.05, 4.69) is 4.84 Å². The Labute approximate surface area is 66.6 Å². The van der Waals surface area contributed by atoms with Crippen LogP contribution in [-0.2, 0) is 14.4 Å². The Hall–Kier alpha value is -0.610. The van der Waals surface area contributed by atoms with E-state index >= 15 is 0 Å². The second-order valence-electron chi connectivity index (χ2n) is 2.19. The van der Waals surface area contributed by atoms with Crippen LogP contribution >= 0.6 is 0 Å². The van der Waals surface area contributed by atoms with Gasteiger partial charge in [0.15, 0.2) is 0 Å². The summed E-state index contributed by atoms with van der Waals surface area (Å²) in [4.78, 5) is 15.0. The molecule has 66 valence electrons. The van der Waals surface area contributed by atoms with E-state index in [9.17, 15) is 4.79 Å². The van der Waals surface area contributed by atoms with Crippen molar-refractivity contribution in [2.45, 2.75) is 26.2 Å². The molecule has 0 spiro atoms. The number of carbonyl (C=O) groups excluding carboxylic acids is 1. The second-order valence-corrected chi connectivity index (χ2v) is 2.19. The smallest absolute Gasteiger partial charge is 0.305 e. The summed E-state index contributed by atoms with van der Waals surface area (Å²) in [5, 5.41) is 0. The first-order valence-corrected chi connectivity index (χ1v) is 3.78. The molecule has 0 aromatic carbocycles. The standard InChI is InChI=1S/C7H15NO3/c1-2-3-4-7(9)10-5-6-11-8/h2-6,8H2,1H3. The van der Waals surface area contributed by atoms with Crippen molar-refractivity contribution in [3.05, 3.63) is 0 Å².